The van der Waals surface area contributed by atoms with Gasteiger partial charge in [-0.3, -0.25) is 5.10 Å². The van der Waals surface area contributed by atoms with Crippen molar-refractivity contribution in [2.24, 2.45) is 0 Å². The highest BCUT2D eigenvalue weighted by Crippen LogP contribution is 2.28. The number of aromatic nitrogens is 2. The summed E-state index contributed by atoms with van der Waals surface area (Å²) in [5.74, 6) is 0. The highest BCUT2D eigenvalue weighted by molar-refractivity contribution is 7.71. The van der Waals surface area contributed by atoms with Gasteiger partial charge in [0, 0.05) is 10.6 Å². The number of rotatable bonds is 1. The Bertz CT molecular complexity index is 531. The molecule has 1 heterocycles. The molecule has 1 N–H and O–H groups in total. The van der Waals surface area contributed by atoms with Crippen LogP contribution in [0, 0.1) is 4.64 Å². The predicted molar refractivity (Wildman–Crippen MR) is 64.9 cm³/mol. The Hall–Kier alpha value is -0.900. The summed E-state index contributed by atoms with van der Waals surface area (Å²) in [5.41, 5.74) is 1.51. The van der Waals surface area contributed by atoms with Crippen LogP contribution < -0.4 is 0 Å². The normalized spacial score (nSPS) is 10.3. The first-order valence-corrected chi connectivity index (χ1v) is 5.34. The second-order valence-corrected chi connectivity index (χ2v) is 4.21. The van der Waals surface area contributed by atoms with Crippen LogP contribution in [0.5, 0.6) is 0 Å². The molecular weight excluding hydrogens is 251 g/mol. The third kappa shape index (κ3) is 2.37. The minimum absolute atomic E-state index is 0.580. The minimum atomic E-state index is 0.580. The van der Waals surface area contributed by atoms with Gasteiger partial charge in [0.2, 0.25) is 0 Å². The summed E-state index contributed by atoms with van der Waals surface area (Å²) in [4.78, 5) is 0. The fourth-order valence-corrected chi connectivity index (χ4v) is 1.69. The summed E-state index contributed by atoms with van der Waals surface area (Å²) in [6, 6.07) is 8.80. The average molecular weight is 257 g/mol. The molecule has 2 rings (SSSR count). The summed E-state index contributed by atoms with van der Waals surface area (Å²) in [6.45, 7) is 0. The molecular formula is C10H6Cl2N2S. The molecule has 0 aliphatic rings. The Morgan fingerprint density at radius 1 is 1.13 bits per heavy atom. The Labute approximate surface area is 102 Å². The van der Waals surface area contributed by atoms with Gasteiger partial charge in [-0.15, -0.1) is 0 Å². The molecule has 2 nitrogen and oxygen atoms in total. The van der Waals surface area contributed by atoms with Gasteiger partial charge < -0.3 is 0 Å². The first-order valence-electron chi connectivity index (χ1n) is 4.18. The third-order valence-corrected chi connectivity index (χ3v) is 2.68. The molecule has 0 unspecified atom stereocenters. The molecule has 2 aromatic rings. The van der Waals surface area contributed by atoms with Crippen LogP contribution in [0.2, 0.25) is 10.0 Å². The lowest BCUT2D eigenvalue weighted by atomic mass is 10.1. The van der Waals surface area contributed by atoms with E-state index in [2.05, 4.69) is 10.2 Å². The first-order chi connectivity index (χ1) is 7.16. The monoisotopic (exact) mass is 256 g/mol. The topological polar surface area (TPSA) is 28.7 Å². The van der Waals surface area contributed by atoms with E-state index in [0.29, 0.717) is 14.7 Å². The van der Waals surface area contributed by atoms with Gasteiger partial charge in [0.25, 0.3) is 0 Å². The molecule has 0 radical (unpaired) electrons. The molecule has 0 bridgehead atoms. The van der Waals surface area contributed by atoms with Gasteiger partial charge in [-0.05, 0) is 30.3 Å². The molecule has 76 valence electrons. The summed E-state index contributed by atoms with van der Waals surface area (Å²) in [6.07, 6.45) is 0. The van der Waals surface area contributed by atoms with Crippen molar-refractivity contribution < 1.29 is 0 Å². The maximum absolute atomic E-state index is 6.03. The Morgan fingerprint density at radius 2 is 1.93 bits per heavy atom. The van der Waals surface area contributed by atoms with E-state index < -0.39 is 0 Å². The van der Waals surface area contributed by atoms with Crippen LogP contribution in [0.4, 0.5) is 0 Å². The minimum Gasteiger partial charge on any atom is -0.267 e. The van der Waals surface area contributed by atoms with E-state index in [1.165, 1.54) is 0 Å². The van der Waals surface area contributed by atoms with E-state index in [4.69, 9.17) is 35.4 Å². The van der Waals surface area contributed by atoms with Crippen LogP contribution in [-0.4, -0.2) is 10.2 Å². The fraction of sp³-hybridized carbons (Fsp3) is 0. The highest BCUT2D eigenvalue weighted by Gasteiger charge is 2.05. The van der Waals surface area contributed by atoms with Crippen molar-refractivity contribution in [3.63, 3.8) is 0 Å². The molecule has 5 heteroatoms. The van der Waals surface area contributed by atoms with E-state index in [1.807, 2.05) is 0 Å². The lowest BCUT2D eigenvalue weighted by Crippen LogP contribution is -1.87. The van der Waals surface area contributed by atoms with Gasteiger partial charge in [-0.1, -0.05) is 35.4 Å². The van der Waals surface area contributed by atoms with Crippen molar-refractivity contribution in [3.05, 3.63) is 45.0 Å². The largest absolute Gasteiger partial charge is 0.267 e. The number of halogens is 2. The van der Waals surface area contributed by atoms with Gasteiger partial charge in [0.05, 0.1) is 10.7 Å². The van der Waals surface area contributed by atoms with Crippen LogP contribution in [0.25, 0.3) is 11.3 Å². The lowest BCUT2D eigenvalue weighted by Gasteiger charge is -2.03. The van der Waals surface area contributed by atoms with E-state index in [-0.39, 0.29) is 0 Å². The van der Waals surface area contributed by atoms with Gasteiger partial charge in [-0.25, -0.2) is 0 Å². The van der Waals surface area contributed by atoms with Crippen molar-refractivity contribution in [1.29, 1.82) is 0 Å². The Kier molecular flexibility index (Phi) is 3.05. The van der Waals surface area contributed by atoms with Gasteiger partial charge in [0.15, 0.2) is 0 Å². The van der Waals surface area contributed by atoms with Gasteiger partial charge in [0.1, 0.15) is 4.64 Å². The number of aromatic amines is 1. The number of hydrogen-bond acceptors (Lipinski definition) is 2. The van der Waals surface area contributed by atoms with Crippen LogP contribution in [0.3, 0.4) is 0 Å². The maximum atomic E-state index is 6.03. The van der Waals surface area contributed by atoms with E-state index in [9.17, 15) is 0 Å². The molecule has 0 amide bonds. The predicted octanol–water partition coefficient (Wildman–Crippen LogP) is 4.11. The first kappa shape index (κ1) is 10.6. The molecule has 1 aromatic heterocycles. The van der Waals surface area contributed by atoms with Crippen LogP contribution in [0.1, 0.15) is 0 Å². The third-order valence-electron chi connectivity index (χ3n) is 1.88. The molecule has 0 aliphatic heterocycles. The number of hydrogen-bond donors (Lipinski definition) is 1. The molecule has 0 spiro atoms. The smallest absolute Gasteiger partial charge is 0.119 e. The summed E-state index contributed by atoms with van der Waals surface area (Å²) >= 11 is 16.8. The molecule has 0 aliphatic carbocycles. The molecule has 1 aromatic carbocycles. The lowest BCUT2D eigenvalue weighted by molar-refractivity contribution is 1.02. The number of nitrogens with one attached hydrogen (secondary N) is 1. The molecule has 0 atom stereocenters. The average Bonchev–Trinajstić information content (AvgIpc) is 2.23. The highest BCUT2D eigenvalue weighted by atomic mass is 35.5. The summed E-state index contributed by atoms with van der Waals surface area (Å²) in [5, 5.41) is 8.02. The van der Waals surface area contributed by atoms with Gasteiger partial charge >= 0.3 is 0 Å². The Balaban J connectivity index is 2.58. The van der Waals surface area contributed by atoms with Crippen molar-refractivity contribution >= 4 is 35.4 Å². The van der Waals surface area contributed by atoms with E-state index in [0.717, 1.165) is 11.3 Å². The SMILES string of the molecule is S=c1ccc(-c2cc(Cl)ccc2Cl)n[nH]1. The zero-order valence-electron chi connectivity index (χ0n) is 7.50. The standard InChI is InChI=1S/C10H6Cl2N2S/c11-6-1-2-8(12)7(5-6)9-3-4-10(15)14-13-9/h1-5H,(H,14,15). The summed E-state index contributed by atoms with van der Waals surface area (Å²) in [7, 11) is 0. The van der Waals surface area contributed by atoms with Crippen molar-refractivity contribution in [3.8, 4) is 11.3 Å². The Morgan fingerprint density at radius 3 is 2.60 bits per heavy atom. The van der Waals surface area contributed by atoms with Gasteiger partial charge in [-0.2, -0.15) is 5.10 Å². The molecule has 15 heavy (non-hydrogen) atoms. The number of H-pyrrole nitrogens is 1. The van der Waals surface area contributed by atoms with Crippen molar-refractivity contribution in [1.82, 2.24) is 10.2 Å². The number of nitrogens with zero attached hydrogens (tertiary/aromatic N) is 1. The molecule has 0 fully saturated rings. The summed E-state index contributed by atoms with van der Waals surface area (Å²) < 4.78 is 0.580. The van der Waals surface area contributed by atoms with Crippen LogP contribution >= 0.6 is 35.4 Å². The zero-order chi connectivity index (χ0) is 10.8. The number of benzene rings is 1. The van der Waals surface area contributed by atoms with Crippen molar-refractivity contribution in [2.45, 2.75) is 0 Å². The zero-order valence-corrected chi connectivity index (χ0v) is 9.83. The quantitative estimate of drug-likeness (QED) is 0.778. The van der Waals surface area contributed by atoms with Crippen molar-refractivity contribution in [2.75, 3.05) is 0 Å². The molecule has 0 saturated carbocycles. The van der Waals surface area contributed by atoms with Crippen LogP contribution in [0.15, 0.2) is 30.3 Å². The molecule has 0 saturated heterocycles. The second kappa shape index (κ2) is 4.31. The maximum Gasteiger partial charge on any atom is 0.119 e. The van der Waals surface area contributed by atoms with E-state index in [1.54, 1.807) is 30.3 Å². The van der Waals surface area contributed by atoms with Crippen LogP contribution in [-0.2, 0) is 0 Å². The second-order valence-electron chi connectivity index (χ2n) is 2.93. The fourth-order valence-electron chi connectivity index (χ4n) is 1.19. The van der Waals surface area contributed by atoms with E-state index >= 15 is 0 Å².